The van der Waals surface area contributed by atoms with Crippen molar-refractivity contribution in [1.29, 1.82) is 10.5 Å². The van der Waals surface area contributed by atoms with Gasteiger partial charge in [0, 0.05) is 13.1 Å². The second-order valence-corrected chi connectivity index (χ2v) is 15.9. The highest BCUT2D eigenvalue weighted by Crippen LogP contribution is 2.44. The molecule has 0 heterocycles. The normalized spacial score (nSPS) is 24.7. The molecule has 2 aromatic rings. The van der Waals surface area contributed by atoms with Gasteiger partial charge in [-0.05, 0) is 151 Å². The van der Waals surface area contributed by atoms with E-state index >= 15 is 0 Å². The van der Waals surface area contributed by atoms with Crippen LogP contribution in [0.4, 0.5) is 0 Å². The molecule has 0 amide bonds. The number of benzene rings is 2. The molecule has 12 N–H and O–H groups in total. The van der Waals surface area contributed by atoms with E-state index in [2.05, 4.69) is 23.6 Å². The monoisotopic (exact) mass is 777 g/mol. The first-order valence-corrected chi connectivity index (χ1v) is 20.7. The summed E-state index contributed by atoms with van der Waals surface area (Å²) in [5, 5.41) is 38.0. The van der Waals surface area contributed by atoms with Crippen molar-refractivity contribution in [2.24, 2.45) is 23.3 Å². The van der Waals surface area contributed by atoms with Crippen LogP contribution in [0.2, 0.25) is 0 Å². The second kappa shape index (κ2) is 23.1. The highest BCUT2D eigenvalue weighted by molar-refractivity contribution is 5.70. The summed E-state index contributed by atoms with van der Waals surface area (Å²) in [5.74, 6) is -0.340. The van der Waals surface area contributed by atoms with Crippen LogP contribution in [0.1, 0.15) is 125 Å². The molecule has 0 atom stereocenters. The lowest BCUT2D eigenvalue weighted by atomic mass is 9.67. The van der Waals surface area contributed by atoms with E-state index in [1.165, 1.54) is 25.7 Å². The summed E-state index contributed by atoms with van der Waals surface area (Å²) in [5.41, 5.74) is 19.9. The number of carboxylic acid groups (broad SMARTS) is 2. The van der Waals surface area contributed by atoms with Gasteiger partial charge in [-0.25, -0.2) is 0 Å². The molecule has 12 nitrogen and oxygen atoms in total. The van der Waals surface area contributed by atoms with Crippen molar-refractivity contribution in [2.45, 2.75) is 140 Å². The topological polar surface area (TPSA) is 248 Å². The number of nitriles is 2. The molecule has 12 heteroatoms. The summed E-state index contributed by atoms with van der Waals surface area (Å²) in [6, 6.07) is 17.1. The van der Waals surface area contributed by atoms with Crippen molar-refractivity contribution in [2.75, 3.05) is 26.2 Å². The van der Waals surface area contributed by atoms with E-state index in [-0.39, 0.29) is 11.8 Å². The summed E-state index contributed by atoms with van der Waals surface area (Å²) in [6.07, 6.45) is 14.6. The molecule has 0 radical (unpaired) electrons. The van der Waals surface area contributed by atoms with Gasteiger partial charge in [0.25, 0.3) is 0 Å². The maximum Gasteiger partial charge on any atom is 0.306 e. The maximum atomic E-state index is 11.2. The Kier molecular flexibility index (Phi) is 19.1. The first-order valence-electron chi connectivity index (χ1n) is 20.7. The van der Waals surface area contributed by atoms with E-state index in [1.54, 1.807) is 0 Å². The van der Waals surface area contributed by atoms with Gasteiger partial charge >= 0.3 is 11.9 Å². The van der Waals surface area contributed by atoms with Crippen LogP contribution >= 0.6 is 0 Å². The van der Waals surface area contributed by atoms with Crippen LogP contribution in [0, 0.1) is 48.3 Å². The van der Waals surface area contributed by atoms with Crippen LogP contribution in [0.3, 0.4) is 0 Å². The Morgan fingerprint density at radius 2 is 0.982 bits per heavy atom. The average Bonchev–Trinajstić information content (AvgIpc) is 3.95. The Bertz CT molecular complexity index is 1490. The number of rotatable bonds is 10. The van der Waals surface area contributed by atoms with Crippen LogP contribution in [-0.2, 0) is 20.4 Å². The zero-order valence-electron chi connectivity index (χ0n) is 33.9. The molecule has 0 saturated heterocycles. The first-order chi connectivity index (χ1) is 26.9. The minimum absolute atomic E-state index is 0.291. The number of carboxylic acids is 2. The van der Waals surface area contributed by atoms with E-state index < -0.39 is 22.8 Å². The minimum Gasteiger partial charge on any atom is -0.490 e. The summed E-state index contributed by atoms with van der Waals surface area (Å²) in [7, 11) is 0. The van der Waals surface area contributed by atoms with E-state index in [9.17, 15) is 30.3 Å². The van der Waals surface area contributed by atoms with Gasteiger partial charge < -0.3 is 42.6 Å². The molecular weight excluding hydrogens is 709 g/mol. The number of nitrogens with two attached hydrogens (primary N) is 2. The summed E-state index contributed by atoms with van der Waals surface area (Å²) >= 11 is 0. The van der Waals surface area contributed by atoms with Gasteiger partial charge in [-0.1, -0.05) is 24.3 Å². The number of aliphatic carboxylic acids is 2. The first kappa shape index (κ1) is 46.2. The molecule has 4 aliphatic carbocycles. The summed E-state index contributed by atoms with van der Waals surface area (Å²) < 4.78 is 12.4. The molecule has 4 fully saturated rings. The number of quaternary nitrogens is 2. The van der Waals surface area contributed by atoms with Crippen molar-refractivity contribution in [3.8, 4) is 23.6 Å². The minimum atomic E-state index is -0.740. The van der Waals surface area contributed by atoms with Gasteiger partial charge in [-0.15, -0.1) is 0 Å². The van der Waals surface area contributed by atoms with E-state index in [0.717, 1.165) is 72.5 Å². The molecule has 6 rings (SSSR count). The molecule has 4 saturated carbocycles. The molecule has 0 aliphatic heterocycles. The van der Waals surface area contributed by atoms with Crippen molar-refractivity contribution < 1.29 is 40.7 Å². The van der Waals surface area contributed by atoms with Crippen LogP contribution < -0.4 is 32.4 Å². The SMILES string of the molecule is Cc1ccc(C2(C#N)CCC(C(=O)O)CC2)cc1OC1CCCC1.Cc1ccc(C2(C#N)CCC(C(=O)O)CC2)cc1OC1CCCC1.NCCN.[NH3+]CC[NH3+]. The second-order valence-electron chi connectivity index (χ2n) is 15.9. The standard InChI is InChI=1S/2C20H25NO3.2C2H8N2/c2*1-14-6-7-16(12-18(14)24-17-4-2-3-5-17)20(13-21)10-8-15(9-11-20)19(22)23;2*3-1-2-4/h2*6-7,12,15,17H,2-5,8-11H2,1H3,(H,22,23);2*1-4H2/p+2. The zero-order chi connectivity index (χ0) is 41.1. The number of hydrogen-bond acceptors (Lipinski definition) is 8. The maximum absolute atomic E-state index is 11.2. The van der Waals surface area contributed by atoms with Gasteiger partial charge in [0.05, 0.1) is 47.0 Å². The summed E-state index contributed by atoms with van der Waals surface area (Å²) in [6.45, 7) is 7.18. The van der Waals surface area contributed by atoms with Crippen molar-refractivity contribution in [3.05, 3.63) is 58.7 Å². The molecule has 0 aromatic heterocycles. The third-order valence-corrected chi connectivity index (χ3v) is 11.9. The number of hydrogen-bond donors (Lipinski definition) is 6. The molecule has 2 aromatic carbocycles. The Balaban J connectivity index is 0.000000252. The average molecular weight is 777 g/mol. The number of aryl methyl sites for hydroxylation is 2. The highest BCUT2D eigenvalue weighted by atomic mass is 16.5. The van der Waals surface area contributed by atoms with Gasteiger partial charge in [-0.3, -0.25) is 9.59 Å². The third-order valence-electron chi connectivity index (χ3n) is 11.9. The Morgan fingerprint density at radius 3 is 1.23 bits per heavy atom. The third kappa shape index (κ3) is 12.9. The molecule has 4 aliphatic rings. The van der Waals surface area contributed by atoms with Gasteiger partial charge in [-0.2, -0.15) is 10.5 Å². The zero-order valence-corrected chi connectivity index (χ0v) is 33.9. The van der Waals surface area contributed by atoms with Crippen molar-refractivity contribution in [3.63, 3.8) is 0 Å². The Labute approximate surface area is 333 Å². The van der Waals surface area contributed by atoms with Crippen molar-refractivity contribution >= 4 is 11.9 Å². The Hall–Kier alpha value is -4.20. The predicted molar refractivity (Wildman–Crippen MR) is 216 cm³/mol. The molecule has 56 heavy (non-hydrogen) atoms. The van der Waals surface area contributed by atoms with E-state index in [4.69, 9.17) is 20.9 Å². The fourth-order valence-corrected chi connectivity index (χ4v) is 8.07. The number of nitrogens with zero attached hydrogens (tertiary/aromatic N) is 2. The summed E-state index contributed by atoms with van der Waals surface area (Å²) in [4.78, 5) is 22.4. The predicted octanol–water partition coefficient (Wildman–Crippen LogP) is 5.08. The van der Waals surface area contributed by atoms with Gasteiger partial charge in [0.15, 0.2) is 0 Å². The lowest BCUT2D eigenvalue weighted by molar-refractivity contribution is -0.453. The van der Waals surface area contributed by atoms with E-state index in [0.29, 0.717) is 76.7 Å². The lowest BCUT2D eigenvalue weighted by Crippen LogP contribution is -2.64. The number of ether oxygens (including phenoxy) is 2. The van der Waals surface area contributed by atoms with Gasteiger partial charge in [0.2, 0.25) is 0 Å². The van der Waals surface area contributed by atoms with Crippen LogP contribution in [0.25, 0.3) is 0 Å². The lowest BCUT2D eigenvalue weighted by Gasteiger charge is -2.34. The van der Waals surface area contributed by atoms with Gasteiger partial charge in [0.1, 0.15) is 24.6 Å². The fourth-order valence-electron chi connectivity index (χ4n) is 8.07. The van der Waals surface area contributed by atoms with E-state index in [1.807, 2.05) is 50.2 Å². The number of carbonyl (C=O) groups is 2. The molecule has 308 valence electrons. The molecule has 0 spiro atoms. The Morgan fingerprint density at radius 1 is 0.661 bits per heavy atom. The fraction of sp³-hybridized carbons (Fsp3) is 0.636. The van der Waals surface area contributed by atoms with Crippen LogP contribution in [0.15, 0.2) is 36.4 Å². The van der Waals surface area contributed by atoms with Crippen LogP contribution in [-0.4, -0.2) is 60.5 Å². The van der Waals surface area contributed by atoms with Crippen molar-refractivity contribution in [1.82, 2.24) is 0 Å². The molecular formula is C44H68N6O6+2. The molecule has 0 bridgehead atoms. The highest BCUT2D eigenvalue weighted by Gasteiger charge is 2.41. The van der Waals surface area contributed by atoms with Crippen LogP contribution in [0.5, 0.6) is 11.5 Å². The quantitative estimate of drug-likeness (QED) is 0.187. The smallest absolute Gasteiger partial charge is 0.306 e. The largest absolute Gasteiger partial charge is 0.490 e. The molecule has 0 unspecified atom stereocenters.